The van der Waals surface area contributed by atoms with E-state index in [4.69, 9.17) is 44.6 Å². The number of benzene rings is 5. The molecule has 90 heavy (non-hydrogen) atoms. The Morgan fingerprint density at radius 3 is 1.51 bits per heavy atom. The summed E-state index contributed by atoms with van der Waals surface area (Å²) in [4.78, 5) is 64.8. The molecular weight excluding hydrogens is 1200 g/mol. The van der Waals surface area contributed by atoms with Gasteiger partial charge < -0.3 is 60.2 Å². The summed E-state index contributed by atoms with van der Waals surface area (Å²) >= 11 is 0. The second kappa shape index (κ2) is 33.2. The number of rotatable bonds is 26. The van der Waals surface area contributed by atoms with Gasteiger partial charge in [0.15, 0.2) is 0 Å². The van der Waals surface area contributed by atoms with Crippen LogP contribution >= 0.6 is 0 Å². The molecule has 5 aromatic carbocycles. The molecule has 0 saturated carbocycles. The quantitative estimate of drug-likeness (QED) is 0.0102. The first kappa shape index (κ1) is 69.6. The lowest BCUT2D eigenvalue weighted by Gasteiger charge is -2.34. The predicted octanol–water partition coefficient (Wildman–Crippen LogP) is 7.84. The molecule has 3 amide bonds. The van der Waals surface area contributed by atoms with Crippen molar-refractivity contribution in [1.82, 2.24) is 24.1 Å². The maximum Gasteiger partial charge on any atom is 0.514 e. The fraction of sp³-hybridized carbons (Fsp3) is 0.460. The Balaban J connectivity index is 0.000000257. The monoisotopic (exact) mass is 1290 g/mol. The Hall–Kier alpha value is -7.92. The van der Waals surface area contributed by atoms with Crippen LogP contribution in [0.3, 0.4) is 0 Å². The van der Waals surface area contributed by atoms with Gasteiger partial charge in [-0.05, 0) is 97.7 Å². The van der Waals surface area contributed by atoms with Crippen LogP contribution < -0.4 is 26.8 Å². The highest BCUT2D eigenvalue weighted by Gasteiger charge is 2.39. The van der Waals surface area contributed by atoms with E-state index in [2.05, 4.69) is 10.6 Å². The summed E-state index contributed by atoms with van der Waals surface area (Å²) in [6, 6.07) is 33.7. The van der Waals surface area contributed by atoms with E-state index in [0.717, 1.165) is 45.3 Å². The van der Waals surface area contributed by atoms with Gasteiger partial charge in [0.2, 0.25) is 20.0 Å². The number of nitrogen functional groups attached to an aromatic ring is 1. The molecule has 5 aromatic rings. The Kier molecular flexibility index (Phi) is 25.7. The first-order valence-electron chi connectivity index (χ1n) is 29.9. The molecule has 8 rings (SSSR count). The van der Waals surface area contributed by atoms with Crippen LogP contribution in [0.5, 0.6) is 5.75 Å². The first-order valence-corrected chi connectivity index (χ1v) is 32.7. The molecule has 0 bridgehead atoms. The van der Waals surface area contributed by atoms with Crippen molar-refractivity contribution in [3.8, 4) is 5.75 Å². The van der Waals surface area contributed by atoms with Crippen molar-refractivity contribution in [2.24, 2.45) is 17.6 Å². The van der Waals surface area contributed by atoms with Crippen molar-refractivity contribution in [3.05, 3.63) is 160 Å². The normalized spacial score (nSPS) is 18.0. The zero-order valence-electron chi connectivity index (χ0n) is 51.2. The summed E-state index contributed by atoms with van der Waals surface area (Å²) in [5, 5.41) is 16.9. The highest BCUT2D eigenvalue weighted by molar-refractivity contribution is 7.89. The minimum Gasteiger partial charge on any atom is -0.444 e. The topological polar surface area (TPSA) is 330 Å². The number of nitro benzene ring substituents is 1. The van der Waals surface area contributed by atoms with Gasteiger partial charge in [-0.1, -0.05) is 106 Å². The molecule has 3 saturated heterocycles. The molecule has 27 heteroatoms. The van der Waals surface area contributed by atoms with Crippen LogP contribution in [0.25, 0.3) is 0 Å². The van der Waals surface area contributed by atoms with Crippen molar-refractivity contribution in [2.45, 2.75) is 119 Å². The maximum atomic E-state index is 14.0. The average Bonchev–Trinajstić information content (AvgIpc) is 1.90. The molecule has 0 aliphatic carbocycles. The van der Waals surface area contributed by atoms with E-state index in [1.54, 1.807) is 24.3 Å². The molecule has 0 aromatic heterocycles. The summed E-state index contributed by atoms with van der Waals surface area (Å²) in [5.41, 5.74) is 14.6. The Morgan fingerprint density at radius 2 is 1.10 bits per heavy atom. The van der Waals surface area contributed by atoms with Crippen LogP contribution in [-0.4, -0.2) is 168 Å². The number of amides is 3. The van der Waals surface area contributed by atoms with Gasteiger partial charge in [-0.3, -0.25) is 10.1 Å². The molecule has 25 nitrogen and oxygen atoms in total. The van der Waals surface area contributed by atoms with Crippen molar-refractivity contribution in [2.75, 3.05) is 71.4 Å². The van der Waals surface area contributed by atoms with E-state index in [-0.39, 0.29) is 84.7 Å². The Labute approximate surface area is 525 Å². The standard InChI is InChI=1S/C33H39N3O10S.C30H43N5O7S/c1-23(2)20-35(47(41,42)29-15-11-26(12-16-29)36(39)40)21-31(46-33(38)45-27-13-9-24(3)10-14-27)30(19-25-7-5-4-6-8-25)34-32(37)44-28-17-18-43-22-28;1-21(2)17-35(43(38,39)26-10-8-23(31)9-11-26)19-28(42-30(37)34-14-12-24(32)18-34)27(16-22-6-4-3-5-7-22)33-29(36)41-25-13-15-40-20-25/h4-16,23,28,30-31H,17-22H2,1-3H3,(H,34,37);3-11,21,24-25,27-28H,12-20,31-32H2,1-2H3,(H,33,36)/t28?,30-,31?;24-,25+,27+,28-/m01/s1. The Morgan fingerprint density at radius 1 is 0.644 bits per heavy atom. The van der Waals surface area contributed by atoms with E-state index >= 15 is 0 Å². The molecular formula is C63H82N8O17S2. The number of nitrogens with two attached hydrogens (primary N) is 2. The number of sulfonamides is 2. The number of nitrogens with zero attached hydrogens (tertiary/aromatic N) is 4. The number of non-ortho nitro benzene ring substituents is 1. The fourth-order valence-electron chi connectivity index (χ4n) is 10.1. The van der Waals surface area contributed by atoms with Crippen molar-refractivity contribution in [1.29, 1.82) is 0 Å². The Bertz CT molecular complexity index is 3340. The van der Waals surface area contributed by atoms with E-state index in [1.165, 1.54) is 33.5 Å². The van der Waals surface area contributed by atoms with Gasteiger partial charge in [0, 0.05) is 62.9 Å². The number of carbonyl (C=O) groups is 4. The van der Waals surface area contributed by atoms with E-state index < -0.39 is 85.9 Å². The van der Waals surface area contributed by atoms with Crippen LogP contribution in [0.4, 0.5) is 30.6 Å². The average molecular weight is 1290 g/mol. The lowest BCUT2D eigenvalue weighted by molar-refractivity contribution is -0.384. The third-order valence-corrected chi connectivity index (χ3v) is 18.4. The third kappa shape index (κ3) is 21.4. The van der Waals surface area contributed by atoms with Gasteiger partial charge in [0.1, 0.15) is 30.2 Å². The van der Waals surface area contributed by atoms with E-state index in [9.17, 15) is 46.1 Å². The van der Waals surface area contributed by atoms with Gasteiger partial charge in [0.25, 0.3) is 5.69 Å². The zero-order valence-corrected chi connectivity index (χ0v) is 52.8. The van der Waals surface area contributed by atoms with E-state index in [0.29, 0.717) is 57.9 Å². The largest absolute Gasteiger partial charge is 0.514 e. The smallest absolute Gasteiger partial charge is 0.444 e. The molecule has 3 fully saturated rings. The van der Waals surface area contributed by atoms with Crippen LogP contribution in [0.15, 0.2) is 143 Å². The minimum atomic E-state index is -4.27. The minimum absolute atomic E-state index is 0.00804. The molecule has 3 aliphatic rings. The van der Waals surface area contributed by atoms with Crippen molar-refractivity contribution < 1.29 is 74.1 Å². The van der Waals surface area contributed by atoms with Crippen LogP contribution in [-0.2, 0) is 61.3 Å². The summed E-state index contributed by atoms with van der Waals surface area (Å²) in [6.45, 7) is 11.1. The summed E-state index contributed by atoms with van der Waals surface area (Å²) < 4.78 is 97.3. The number of ether oxygens (including phenoxy) is 7. The number of carbonyl (C=O) groups excluding carboxylic acids is 4. The molecule has 488 valence electrons. The first-order chi connectivity index (χ1) is 42.9. The summed E-state index contributed by atoms with van der Waals surface area (Å²) in [7, 11) is -8.30. The number of hydrogen-bond acceptors (Lipinski definition) is 19. The molecule has 3 aliphatic heterocycles. The number of nitro groups is 1. The van der Waals surface area contributed by atoms with Gasteiger partial charge in [0.05, 0.1) is 66.3 Å². The van der Waals surface area contributed by atoms with Crippen LogP contribution in [0.1, 0.15) is 63.6 Å². The number of aryl methyl sites for hydroxylation is 1. The number of anilines is 1. The van der Waals surface area contributed by atoms with Crippen LogP contribution in [0.2, 0.25) is 0 Å². The highest BCUT2D eigenvalue weighted by atomic mass is 32.2. The van der Waals surface area contributed by atoms with E-state index in [1.807, 2.05) is 95.3 Å². The number of likely N-dealkylation sites (tertiary alicyclic amines) is 1. The number of alkyl carbamates (subject to hydrolysis) is 2. The lowest BCUT2D eigenvalue weighted by Crippen LogP contribution is -2.54. The molecule has 2 unspecified atom stereocenters. The number of nitrogens with one attached hydrogen (secondary N) is 2. The van der Waals surface area contributed by atoms with Crippen molar-refractivity contribution >= 4 is 55.9 Å². The maximum absolute atomic E-state index is 14.0. The highest BCUT2D eigenvalue weighted by Crippen LogP contribution is 2.26. The van der Waals surface area contributed by atoms with Crippen LogP contribution in [0, 0.1) is 28.9 Å². The lowest BCUT2D eigenvalue weighted by atomic mass is 10.0. The molecule has 3 heterocycles. The third-order valence-electron chi connectivity index (χ3n) is 14.7. The van der Waals surface area contributed by atoms with Gasteiger partial charge in [-0.2, -0.15) is 8.61 Å². The second-order valence-electron chi connectivity index (χ2n) is 23.2. The molecule has 7 atom stereocenters. The number of hydrogen-bond donors (Lipinski definition) is 4. The molecule has 6 N–H and O–H groups in total. The summed E-state index contributed by atoms with van der Waals surface area (Å²) in [6.07, 6.45) is -4.27. The van der Waals surface area contributed by atoms with Gasteiger partial charge in [-0.25, -0.2) is 36.0 Å². The van der Waals surface area contributed by atoms with Gasteiger partial charge >= 0.3 is 24.4 Å². The fourth-order valence-corrected chi connectivity index (χ4v) is 13.3. The second-order valence-corrected chi connectivity index (χ2v) is 27.0. The SMILES string of the molecule is CC(C)CN(C[C@@H](OC(=O)N1CC[C@@H](N)C1)[C@H](Cc1ccccc1)NC(=O)O[C@H]1CCOC1)S(=O)(=O)c1ccc(N)cc1.Cc1ccc(OC(=O)OC(CN(CC(C)C)S(=O)(=O)c2ccc([N+](=O)[O-])cc2)[C@H](Cc2ccccc2)NC(=O)OC2CCOC2)cc1. The predicted molar refractivity (Wildman–Crippen MR) is 333 cm³/mol. The summed E-state index contributed by atoms with van der Waals surface area (Å²) in [5.74, 6) is -0.00898. The van der Waals surface area contributed by atoms with Crippen molar-refractivity contribution in [3.63, 3.8) is 0 Å². The zero-order chi connectivity index (χ0) is 65.0. The molecule has 0 spiro atoms. The molecule has 0 radical (unpaired) electrons. The van der Waals surface area contributed by atoms with Gasteiger partial charge in [-0.15, -0.1) is 0 Å².